The summed E-state index contributed by atoms with van der Waals surface area (Å²) >= 11 is 0. The number of nitrogens with one attached hydrogen (secondary N) is 1. The molecule has 0 aliphatic rings. The molecule has 0 saturated carbocycles. The molecule has 0 amide bonds. The normalized spacial score (nSPS) is 13.6. The van der Waals surface area contributed by atoms with Gasteiger partial charge in [-0.2, -0.15) is 0 Å². The zero-order valence-corrected chi connectivity index (χ0v) is 19.0. The summed E-state index contributed by atoms with van der Waals surface area (Å²) in [6.45, 7) is 23.4. The first-order chi connectivity index (χ1) is 13.6. The molecule has 1 aromatic rings. The highest BCUT2D eigenvalue weighted by Crippen LogP contribution is 2.23. The molecule has 1 aromatic carbocycles. The molecule has 0 bridgehead atoms. The highest BCUT2D eigenvalue weighted by molar-refractivity contribution is 6.01. The van der Waals surface area contributed by atoms with Crippen LogP contribution in [0.15, 0.2) is 66.1 Å². The zero-order valence-electron chi connectivity index (χ0n) is 19.0. The lowest BCUT2D eigenvalue weighted by molar-refractivity contribution is 0.297. The highest BCUT2D eigenvalue weighted by Gasteiger charge is 2.19. The lowest BCUT2D eigenvalue weighted by atomic mass is 9.98. The fourth-order valence-electron chi connectivity index (χ4n) is 3.10. The first-order valence-corrected chi connectivity index (χ1v) is 10.4. The number of hydrogen-bond acceptors (Lipinski definition) is 3. The quantitative estimate of drug-likeness (QED) is 0.338. The Morgan fingerprint density at radius 1 is 1.17 bits per heavy atom. The summed E-state index contributed by atoms with van der Waals surface area (Å²) in [5, 5.41) is 3.08. The third-order valence-electron chi connectivity index (χ3n) is 4.62. The molecule has 0 aliphatic carbocycles. The maximum Gasteiger partial charge on any atom is 0.123 e. The second-order valence-corrected chi connectivity index (χ2v) is 8.45. The van der Waals surface area contributed by atoms with E-state index in [1.54, 1.807) is 18.3 Å². The minimum absolute atomic E-state index is 0.169. The van der Waals surface area contributed by atoms with Crippen LogP contribution in [0.2, 0.25) is 0 Å². The molecular formula is C25H38FN3. The summed E-state index contributed by atoms with van der Waals surface area (Å²) in [4.78, 5) is 7.03. The SMILES string of the molecule is C=CN/C=C(C(=C)N(CC(C)C)CC(C)c1cccc(F)c1)/C(C)=N/CC(C)C. The second-order valence-electron chi connectivity index (χ2n) is 8.45. The van der Waals surface area contributed by atoms with Gasteiger partial charge in [0.2, 0.25) is 0 Å². The molecule has 0 spiro atoms. The molecule has 0 radical (unpaired) electrons. The van der Waals surface area contributed by atoms with Gasteiger partial charge in [-0.15, -0.1) is 0 Å². The van der Waals surface area contributed by atoms with E-state index < -0.39 is 0 Å². The standard InChI is InChI=1S/C25H38FN3/c1-9-27-15-25(21(7)28-14-18(2)3)22(8)29(16-19(4)5)17-20(6)23-11-10-12-24(26)13-23/h9-13,15,18-20,27H,1,8,14,16-17H2,2-7H3/b25-15-,28-21+. The van der Waals surface area contributed by atoms with E-state index in [4.69, 9.17) is 4.99 Å². The number of hydrogen-bond donors (Lipinski definition) is 1. The molecule has 1 rings (SSSR count). The average molecular weight is 400 g/mol. The van der Waals surface area contributed by atoms with E-state index in [1.165, 1.54) is 6.07 Å². The smallest absolute Gasteiger partial charge is 0.123 e. The van der Waals surface area contributed by atoms with Crippen molar-refractivity contribution in [2.75, 3.05) is 19.6 Å². The molecule has 1 unspecified atom stereocenters. The van der Waals surface area contributed by atoms with Gasteiger partial charge in [0, 0.05) is 42.8 Å². The number of aliphatic imine (C=N–C) groups is 1. The molecule has 0 fully saturated rings. The van der Waals surface area contributed by atoms with Crippen LogP contribution in [0.25, 0.3) is 0 Å². The predicted octanol–water partition coefficient (Wildman–Crippen LogP) is 6.13. The Bertz CT molecular complexity index is 731. The summed E-state index contributed by atoms with van der Waals surface area (Å²) in [6, 6.07) is 6.85. The molecule has 0 aromatic heterocycles. The third kappa shape index (κ3) is 8.68. The van der Waals surface area contributed by atoms with Gasteiger partial charge in [-0.3, -0.25) is 4.99 Å². The number of rotatable bonds is 12. The molecule has 29 heavy (non-hydrogen) atoms. The maximum atomic E-state index is 13.7. The van der Waals surface area contributed by atoms with Gasteiger partial charge in [0.05, 0.1) is 0 Å². The van der Waals surface area contributed by atoms with Gasteiger partial charge in [-0.25, -0.2) is 4.39 Å². The first-order valence-electron chi connectivity index (χ1n) is 10.4. The van der Waals surface area contributed by atoms with Crippen LogP contribution < -0.4 is 5.32 Å². The Balaban J connectivity index is 3.15. The number of allylic oxidation sites excluding steroid dienone is 1. The van der Waals surface area contributed by atoms with Crippen molar-refractivity contribution in [2.45, 2.75) is 47.5 Å². The van der Waals surface area contributed by atoms with Gasteiger partial charge >= 0.3 is 0 Å². The Hall–Kier alpha value is -2.36. The van der Waals surface area contributed by atoms with Crippen LogP contribution in [0.5, 0.6) is 0 Å². The van der Waals surface area contributed by atoms with Crippen molar-refractivity contribution in [1.82, 2.24) is 10.2 Å². The number of nitrogens with zero attached hydrogens (tertiary/aromatic N) is 2. The molecule has 160 valence electrons. The van der Waals surface area contributed by atoms with E-state index in [-0.39, 0.29) is 11.7 Å². The fraction of sp³-hybridized carbons (Fsp3) is 0.480. The molecular weight excluding hydrogens is 361 g/mol. The summed E-state index contributed by atoms with van der Waals surface area (Å²) in [7, 11) is 0. The monoisotopic (exact) mass is 399 g/mol. The topological polar surface area (TPSA) is 27.6 Å². The van der Waals surface area contributed by atoms with Crippen LogP contribution in [0, 0.1) is 17.7 Å². The van der Waals surface area contributed by atoms with Crippen molar-refractivity contribution in [3.63, 3.8) is 0 Å². The number of halogens is 1. The van der Waals surface area contributed by atoms with Crippen LogP contribution in [0.3, 0.4) is 0 Å². The third-order valence-corrected chi connectivity index (χ3v) is 4.62. The molecule has 1 N–H and O–H groups in total. The highest BCUT2D eigenvalue weighted by atomic mass is 19.1. The van der Waals surface area contributed by atoms with Crippen LogP contribution >= 0.6 is 0 Å². The Labute approximate surface area is 177 Å². The fourth-order valence-corrected chi connectivity index (χ4v) is 3.10. The number of benzene rings is 1. The lowest BCUT2D eigenvalue weighted by Gasteiger charge is -2.32. The molecule has 4 heteroatoms. The van der Waals surface area contributed by atoms with Crippen molar-refractivity contribution in [2.24, 2.45) is 16.8 Å². The van der Waals surface area contributed by atoms with Crippen LogP contribution in [-0.4, -0.2) is 30.2 Å². The van der Waals surface area contributed by atoms with Gasteiger partial charge in [0.1, 0.15) is 5.82 Å². The average Bonchev–Trinajstić information content (AvgIpc) is 2.65. The van der Waals surface area contributed by atoms with Crippen LogP contribution in [0.4, 0.5) is 4.39 Å². The maximum absolute atomic E-state index is 13.7. The van der Waals surface area contributed by atoms with Crippen molar-refractivity contribution in [3.05, 3.63) is 72.5 Å². The van der Waals surface area contributed by atoms with E-state index >= 15 is 0 Å². The summed E-state index contributed by atoms with van der Waals surface area (Å²) in [5.74, 6) is 0.929. The second kappa shape index (κ2) is 12.3. The molecule has 1 atom stereocenters. The van der Waals surface area contributed by atoms with E-state index in [9.17, 15) is 4.39 Å². The predicted molar refractivity (Wildman–Crippen MR) is 125 cm³/mol. The minimum atomic E-state index is -0.198. The van der Waals surface area contributed by atoms with Crippen molar-refractivity contribution < 1.29 is 4.39 Å². The minimum Gasteiger partial charge on any atom is -0.371 e. The van der Waals surface area contributed by atoms with Crippen molar-refractivity contribution in [3.8, 4) is 0 Å². The van der Waals surface area contributed by atoms with Gasteiger partial charge < -0.3 is 10.2 Å². The molecule has 3 nitrogen and oxygen atoms in total. The van der Waals surface area contributed by atoms with E-state index in [1.807, 2.05) is 19.2 Å². The van der Waals surface area contributed by atoms with Gasteiger partial charge in [-0.1, -0.05) is 59.9 Å². The van der Waals surface area contributed by atoms with Crippen molar-refractivity contribution in [1.29, 1.82) is 0 Å². The molecule has 0 heterocycles. The molecule has 0 saturated heterocycles. The molecule has 0 aliphatic heterocycles. The lowest BCUT2D eigenvalue weighted by Crippen LogP contribution is -2.32. The summed E-state index contributed by atoms with van der Waals surface area (Å²) < 4.78 is 13.7. The van der Waals surface area contributed by atoms with Crippen LogP contribution in [0.1, 0.15) is 53.0 Å². The van der Waals surface area contributed by atoms with Gasteiger partial charge in [-0.05, 0) is 48.6 Å². The Morgan fingerprint density at radius 3 is 2.41 bits per heavy atom. The Kier molecular flexibility index (Phi) is 10.4. The zero-order chi connectivity index (χ0) is 22.0. The largest absolute Gasteiger partial charge is 0.371 e. The van der Waals surface area contributed by atoms with E-state index in [0.29, 0.717) is 11.8 Å². The summed E-state index contributed by atoms with van der Waals surface area (Å²) in [6.07, 6.45) is 3.56. The van der Waals surface area contributed by atoms with Crippen molar-refractivity contribution >= 4 is 5.71 Å². The van der Waals surface area contributed by atoms with Crippen LogP contribution in [-0.2, 0) is 0 Å². The van der Waals surface area contributed by atoms with E-state index in [2.05, 4.69) is 58.0 Å². The first kappa shape index (κ1) is 24.7. The van der Waals surface area contributed by atoms with E-state index in [0.717, 1.165) is 42.2 Å². The van der Waals surface area contributed by atoms with Gasteiger partial charge in [0.15, 0.2) is 0 Å². The Morgan fingerprint density at radius 2 is 1.86 bits per heavy atom. The summed E-state index contributed by atoms with van der Waals surface area (Å²) in [5.41, 5.74) is 3.83. The van der Waals surface area contributed by atoms with Gasteiger partial charge in [0.25, 0.3) is 0 Å².